The first-order valence-electron chi connectivity index (χ1n) is 5.52. The molecule has 0 saturated carbocycles. The minimum Gasteiger partial charge on any atom is -0.481 e. The van der Waals surface area contributed by atoms with Crippen LogP contribution in [0.5, 0.6) is 0 Å². The molecular weight excluding hydrogens is 236 g/mol. The molecule has 98 valence electrons. The first kappa shape index (κ1) is 13.9. The molecule has 3 N–H and O–H groups in total. The number of aliphatic carboxylic acids is 1. The monoisotopic (exact) mass is 252 g/mol. The van der Waals surface area contributed by atoms with Gasteiger partial charge in [0.25, 0.3) is 0 Å². The van der Waals surface area contributed by atoms with Gasteiger partial charge < -0.3 is 15.7 Å². The smallest absolute Gasteiger partial charge is 0.315 e. The molecule has 0 aromatic carbocycles. The number of hydrogen-bond donors (Lipinski definition) is 3. The molecule has 1 aromatic heterocycles. The van der Waals surface area contributed by atoms with Crippen molar-refractivity contribution >= 4 is 12.0 Å². The number of aryl methyl sites for hydroxylation is 1. The Bertz CT molecular complexity index is 436. The number of carbonyl (C=O) groups excluding carboxylic acids is 1. The number of hydrogen-bond acceptors (Lipinski definition) is 4. The Morgan fingerprint density at radius 2 is 2.22 bits per heavy atom. The van der Waals surface area contributed by atoms with Crippen molar-refractivity contribution in [2.24, 2.45) is 0 Å². The molecule has 2 amide bonds. The average molecular weight is 252 g/mol. The van der Waals surface area contributed by atoms with Crippen LogP contribution in [0, 0.1) is 6.92 Å². The number of carboxylic acid groups (broad SMARTS) is 1. The van der Waals surface area contributed by atoms with Crippen LogP contribution < -0.4 is 10.6 Å². The fraction of sp³-hybridized carbons (Fsp3) is 0.455. The lowest BCUT2D eigenvalue weighted by atomic mass is 10.2. The molecule has 1 atom stereocenters. The van der Waals surface area contributed by atoms with E-state index in [9.17, 15) is 9.59 Å². The molecular formula is C11H16N4O3. The number of amides is 2. The fourth-order valence-corrected chi connectivity index (χ4v) is 1.36. The standard InChI is InChI=1S/C11H16N4O3/c1-7(5-10(16)17)14-11(18)13-6-9-3-4-12-8(2)15-9/h3-4,7H,5-6H2,1-2H3,(H,16,17)(H2,13,14,18). The molecule has 1 heterocycles. The van der Waals surface area contributed by atoms with Gasteiger partial charge in [-0.2, -0.15) is 0 Å². The van der Waals surface area contributed by atoms with Gasteiger partial charge >= 0.3 is 12.0 Å². The van der Waals surface area contributed by atoms with E-state index in [1.807, 2.05) is 0 Å². The van der Waals surface area contributed by atoms with Crippen molar-refractivity contribution in [3.63, 3.8) is 0 Å². The molecule has 18 heavy (non-hydrogen) atoms. The van der Waals surface area contributed by atoms with Crippen LogP contribution in [0.3, 0.4) is 0 Å². The summed E-state index contributed by atoms with van der Waals surface area (Å²) in [5.74, 6) is -0.317. The third-order valence-electron chi connectivity index (χ3n) is 2.12. The Morgan fingerprint density at radius 3 is 2.83 bits per heavy atom. The quantitative estimate of drug-likeness (QED) is 0.705. The van der Waals surface area contributed by atoms with Crippen LogP contribution in [0.1, 0.15) is 24.9 Å². The molecule has 7 nitrogen and oxygen atoms in total. The van der Waals surface area contributed by atoms with E-state index in [4.69, 9.17) is 5.11 Å². The zero-order valence-corrected chi connectivity index (χ0v) is 10.3. The summed E-state index contributed by atoms with van der Waals surface area (Å²) in [6.07, 6.45) is 1.50. The van der Waals surface area contributed by atoms with Crippen molar-refractivity contribution < 1.29 is 14.7 Å². The molecule has 0 bridgehead atoms. The van der Waals surface area contributed by atoms with Crippen LogP contribution in [0.4, 0.5) is 4.79 Å². The lowest BCUT2D eigenvalue weighted by molar-refractivity contribution is -0.137. The SMILES string of the molecule is Cc1nccc(CNC(=O)NC(C)CC(=O)O)n1. The van der Waals surface area contributed by atoms with Gasteiger partial charge in [-0.3, -0.25) is 4.79 Å². The van der Waals surface area contributed by atoms with Crippen LogP contribution >= 0.6 is 0 Å². The lowest BCUT2D eigenvalue weighted by Crippen LogP contribution is -2.41. The first-order valence-corrected chi connectivity index (χ1v) is 5.52. The van der Waals surface area contributed by atoms with E-state index in [-0.39, 0.29) is 13.0 Å². The highest BCUT2D eigenvalue weighted by Gasteiger charge is 2.10. The van der Waals surface area contributed by atoms with E-state index >= 15 is 0 Å². The highest BCUT2D eigenvalue weighted by molar-refractivity contribution is 5.75. The van der Waals surface area contributed by atoms with E-state index in [2.05, 4.69) is 20.6 Å². The third kappa shape index (κ3) is 5.24. The zero-order chi connectivity index (χ0) is 13.5. The van der Waals surface area contributed by atoms with Crippen LogP contribution in [-0.2, 0) is 11.3 Å². The Morgan fingerprint density at radius 1 is 1.50 bits per heavy atom. The third-order valence-corrected chi connectivity index (χ3v) is 2.12. The van der Waals surface area contributed by atoms with E-state index < -0.39 is 18.0 Å². The van der Waals surface area contributed by atoms with Crippen LogP contribution in [-0.4, -0.2) is 33.1 Å². The van der Waals surface area contributed by atoms with Gasteiger partial charge in [0, 0.05) is 12.2 Å². The molecule has 1 rings (SSSR count). The molecule has 0 aliphatic rings. The van der Waals surface area contributed by atoms with Crippen molar-refractivity contribution in [1.82, 2.24) is 20.6 Å². The first-order chi connectivity index (χ1) is 8.47. The van der Waals surface area contributed by atoms with E-state index in [1.54, 1.807) is 26.1 Å². The van der Waals surface area contributed by atoms with Crippen molar-refractivity contribution in [2.45, 2.75) is 32.9 Å². The molecule has 1 unspecified atom stereocenters. The Hall–Kier alpha value is -2.18. The van der Waals surface area contributed by atoms with Gasteiger partial charge in [-0.05, 0) is 19.9 Å². The van der Waals surface area contributed by atoms with Crippen molar-refractivity contribution in [3.8, 4) is 0 Å². The van der Waals surface area contributed by atoms with E-state index in [0.717, 1.165) is 0 Å². The predicted octanol–water partition coefficient (Wildman–Crippen LogP) is 0.447. The van der Waals surface area contributed by atoms with Gasteiger partial charge in [-0.15, -0.1) is 0 Å². The number of carboxylic acids is 1. The number of urea groups is 1. The Balaban J connectivity index is 2.35. The summed E-state index contributed by atoms with van der Waals surface area (Å²) in [6, 6.07) is 0.864. The van der Waals surface area contributed by atoms with Gasteiger partial charge in [-0.25, -0.2) is 14.8 Å². The van der Waals surface area contributed by atoms with Crippen molar-refractivity contribution in [2.75, 3.05) is 0 Å². The summed E-state index contributed by atoms with van der Waals surface area (Å²) >= 11 is 0. The fourth-order valence-electron chi connectivity index (χ4n) is 1.36. The maximum absolute atomic E-state index is 11.4. The second kappa shape index (κ2) is 6.53. The van der Waals surface area contributed by atoms with Crippen LogP contribution in [0.25, 0.3) is 0 Å². The summed E-state index contributed by atoms with van der Waals surface area (Å²) in [4.78, 5) is 29.9. The number of rotatable bonds is 5. The molecule has 0 spiro atoms. The minimum atomic E-state index is -0.950. The highest BCUT2D eigenvalue weighted by atomic mass is 16.4. The summed E-state index contributed by atoms with van der Waals surface area (Å²) in [5.41, 5.74) is 0.698. The Kier molecular flexibility index (Phi) is 5.04. The second-order valence-electron chi connectivity index (χ2n) is 3.92. The molecule has 1 aromatic rings. The van der Waals surface area contributed by atoms with Gasteiger partial charge in [0.2, 0.25) is 0 Å². The van der Waals surface area contributed by atoms with Crippen molar-refractivity contribution in [1.29, 1.82) is 0 Å². The largest absolute Gasteiger partial charge is 0.481 e. The average Bonchev–Trinajstić information content (AvgIpc) is 2.25. The number of aromatic nitrogens is 2. The van der Waals surface area contributed by atoms with Gasteiger partial charge in [-0.1, -0.05) is 0 Å². The normalized spacial score (nSPS) is 11.7. The summed E-state index contributed by atoms with van der Waals surface area (Å²) in [7, 11) is 0. The molecule has 0 fully saturated rings. The minimum absolute atomic E-state index is 0.111. The Labute approximate surface area is 105 Å². The van der Waals surface area contributed by atoms with Gasteiger partial charge in [0.1, 0.15) is 5.82 Å². The van der Waals surface area contributed by atoms with E-state index in [1.165, 1.54) is 0 Å². The second-order valence-corrected chi connectivity index (χ2v) is 3.92. The topological polar surface area (TPSA) is 104 Å². The van der Waals surface area contributed by atoms with E-state index in [0.29, 0.717) is 11.5 Å². The highest BCUT2D eigenvalue weighted by Crippen LogP contribution is 1.94. The number of nitrogens with zero attached hydrogens (tertiary/aromatic N) is 2. The molecule has 0 saturated heterocycles. The molecule has 0 aliphatic carbocycles. The predicted molar refractivity (Wildman–Crippen MR) is 63.9 cm³/mol. The summed E-state index contributed by atoms with van der Waals surface area (Å²) in [6.45, 7) is 3.66. The number of carbonyl (C=O) groups is 2. The van der Waals surface area contributed by atoms with Crippen LogP contribution in [0.15, 0.2) is 12.3 Å². The maximum Gasteiger partial charge on any atom is 0.315 e. The van der Waals surface area contributed by atoms with Crippen LogP contribution in [0.2, 0.25) is 0 Å². The summed E-state index contributed by atoms with van der Waals surface area (Å²) < 4.78 is 0. The molecule has 0 radical (unpaired) electrons. The maximum atomic E-state index is 11.4. The van der Waals surface area contributed by atoms with Crippen molar-refractivity contribution in [3.05, 3.63) is 23.8 Å². The van der Waals surface area contributed by atoms with Gasteiger partial charge in [0.15, 0.2) is 0 Å². The zero-order valence-electron chi connectivity index (χ0n) is 10.3. The summed E-state index contributed by atoms with van der Waals surface area (Å²) in [5, 5.41) is 13.7. The molecule has 7 heteroatoms. The van der Waals surface area contributed by atoms with Gasteiger partial charge in [0.05, 0.1) is 18.7 Å². The number of nitrogens with one attached hydrogen (secondary N) is 2. The lowest BCUT2D eigenvalue weighted by Gasteiger charge is -2.12. The molecule has 0 aliphatic heterocycles.